The Balaban J connectivity index is 2.12. The Morgan fingerprint density at radius 3 is 2.52 bits per heavy atom. The van der Waals surface area contributed by atoms with Crippen LogP contribution in [0, 0.1) is 6.92 Å². The highest BCUT2D eigenvalue weighted by Gasteiger charge is 2.16. The number of nitrogens with two attached hydrogens (primary N) is 1. The molecule has 0 radical (unpaired) electrons. The molecule has 0 amide bonds. The summed E-state index contributed by atoms with van der Waals surface area (Å²) in [7, 11) is 1.64. The summed E-state index contributed by atoms with van der Waals surface area (Å²) in [5.41, 5.74) is 4.87. The van der Waals surface area contributed by atoms with Crippen molar-refractivity contribution >= 4 is 11.6 Å². The summed E-state index contributed by atoms with van der Waals surface area (Å²) >= 11 is 5.85. The number of halogens is 1. The molecule has 0 bridgehead atoms. The number of methoxy groups -OCH3 is 1. The Morgan fingerprint density at radius 2 is 1.90 bits per heavy atom. The summed E-state index contributed by atoms with van der Waals surface area (Å²) in [4.78, 5) is 0. The molecule has 1 unspecified atom stereocenters. The molecule has 0 aromatic heterocycles. The lowest BCUT2D eigenvalue weighted by molar-refractivity contribution is 0.263. The first-order valence-corrected chi connectivity index (χ1v) is 7.01. The van der Waals surface area contributed by atoms with E-state index in [4.69, 9.17) is 26.9 Å². The third-order valence-corrected chi connectivity index (χ3v) is 3.44. The number of hydrazine groups is 1. The van der Waals surface area contributed by atoms with Gasteiger partial charge in [0, 0.05) is 10.6 Å². The van der Waals surface area contributed by atoms with Gasteiger partial charge in [0.25, 0.3) is 0 Å². The van der Waals surface area contributed by atoms with Crippen molar-refractivity contribution in [3.8, 4) is 11.5 Å². The number of hydrogen-bond donors (Lipinski definition) is 2. The quantitative estimate of drug-likeness (QED) is 0.635. The van der Waals surface area contributed by atoms with Gasteiger partial charge in [0.15, 0.2) is 0 Å². The van der Waals surface area contributed by atoms with E-state index < -0.39 is 0 Å². The molecule has 3 N–H and O–H groups in total. The molecule has 0 aliphatic heterocycles. The molecule has 0 aliphatic rings. The molecule has 5 heteroatoms. The van der Waals surface area contributed by atoms with Crippen LogP contribution in [0.4, 0.5) is 0 Å². The topological polar surface area (TPSA) is 56.5 Å². The number of aryl methyl sites for hydroxylation is 1. The maximum Gasteiger partial charge on any atom is 0.123 e. The highest BCUT2D eigenvalue weighted by molar-refractivity contribution is 6.30. The van der Waals surface area contributed by atoms with Gasteiger partial charge in [-0.2, -0.15) is 0 Å². The summed E-state index contributed by atoms with van der Waals surface area (Å²) in [6, 6.07) is 13.0. The van der Waals surface area contributed by atoms with Crippen LogP contribution < -0.4 is 20.7 Å². The fourth-order valence-corrected chi connectivity index (χ4v) is 2.19. The summed E-state index contributed by atoms with van der Waals surface area (Å²) < 4.78 is 11.1. The maximum atomic E-state index is 5.85. The fraction of sp³-hybridized carbons (Fsp3) is 0.250. The molecule has 21 heavy (non-hydrogen) atoms. The molecule has 0 spiro atoms. The number of nitrogens with one attached hydrogen (secondary N) is 1. The second kappa shape index (κ2) is 7.31. The first kappa shape index (κ1) is 15.6. The van der Waals surface area contributed by atoms with Gasteiger partial charge < -0.3 is 9.47 Å². The van der Waals surface area contributed by atoms with E-state index in [-0.39, 0.29) is 6.04 Å². The molecule has 0 aliphatic carbocycles. The van der Waals surface area contributed by atoms with E-state index >= 15 is 0 Å². The van der Waals surface area contributed by atoms with Crippen LogP contribution in [-0.4, -0.2) is 13.7 Å². The number of hydrogen-bond acceptors (Lipinski definition) is 4. The van der Waals surface area contributed by atoms with Crippen LogP contribution in [0.1, 0.15) is 17.2 Å². The lowest BCUT2D eigenvalue weighted by atomic mass is 10.0. The minimum atomic E-state index is -0.171. The third kappa shape index (κ3) is 4.11. The Kier molecular flexibility index (Phi) is 5.44. The standard InChI is InChI=1S/C16H19ClN2O2/c1-11-3-8-16(20-2)14(9-11)15(19-18)10-21-13-6-4-12(17)5-7-13/h3-9,15,19H,10,18H2,1-2H3. The van der Waals surface area contributed by atoms with Crippen LogP contribution in [0.3, 0.4) is 0 Å². The fourth-order valence-electron chi connectivity index (χ4n) is 2.06. The Morgan fingerprint density at radius 1 is 1.19 bits per heavy atom. The average Bonchev–Trinajstić information content (AvgIpc) is 2.50. The molecule has 112 valence electrons. The number of rotatable bonds is 6. The van der Waals surface area contributed by atoms with Gasteiger partial charge in [-0.05, 0) is 37.3 Å². The van der Waals surface area contributed by atoms with E-state index in [9.17, 15) is 0 Å². The van der Waals surface area contributed by atoms with Crippen LogP contribution >= 0.6 is 11.6 Å². The molecular formula is C16H19ClN2O2. The van der Waals surface area contributed by atoms with E-state index in [2.05, 4.69) is 5.43 Å². The SMILES string of the molecule is COc1ccc(C)cc1C(COc1ccc(Cl)cc1)NN. The Labute approximate surface area is 129 Å². The molecule has 1 atom stereocenters. The van der Waals surface area contributed by atoms with E-state index in [0.29, 0.717) is 11.6 Å². The van der Waals surface area contributed by atoms with Crippen molar-refractivity contribution in [3.63, 3.8) is 0 Å². The lowest BCUT2D eigenvalue weighted by Gasteiger charge is -2.20. The monoisotopic (exact) mass is 306 g/mol. The zero-order chi connectivity index (χ0) is 15.2. The van der Waals surface area contributed by atoms with Crippen molar-refractivity contribution in [2.75, 3.05) is 13.7 Å². The average molecular weight is 307 g/mol. The molecule has 2 rings (SSSR count). The van der Waals surface area contributed by atoms with E-state index in [1.54, 1.807) is 19.2 Å². The second-order valence-electron chi connectivity index (χ2n) is 4.73. The van der Waals surface area contributed by atoms with Crippen LogP contribution in [0.2, 0.25) is 5.02 Å². The predicted octanol–water partition coefficient (Wildman–Crippen LogP) is 3.24. The molecule has 4 nitrogen and oxygen atoms in total. The Bertz CT molecular complexity index is 587. The van der Waals surface area contributed by atoms with E-state index in [1.807, 2.05) is 37.3 Å². The second-order valence-corrected chi connectivity index (χ2v) is 5.17. The molecule has 0 saturated heterocycles. The summed E-state index contributed by atoms with van der Waals surface area (Å²) in [6.07, 6.45) is 0. The van der Waals surface area contributed by atoms with Gasteiger partial charge in [-0.3, -0.25) is 5.84 Å². The number of benzene rings is 2. The largest absolute Gasteiger partial charge is 0.496 e. The van der Waals surface area contributed by atoms with E-state index in [0.717, 1.165) is 22.6 Å². The molecule has 0 saturated carbocycles. The van der Waals surface area contributed by atoms with Gasteiger partial charge in [0.2, 0.25) is 0 Å². The van der Waals surface area contributed by atoms with Crippen molar-refractivity contribution in [1.82, 2.24) is 5.43 Å². The van der Waals surface area contributed by atoms with Gasteiger partial charge in [-0.15, -0.1) is 0 Å². The zero-order valence-corrected chi connectivity index (χ0v) is 12.9. The summed E-state index contributed by atoms with van der Waals surface area (Å²) in [5, 5.41) is 0.677. The molecule has 0 heterocycles. The first-order valence-electron chi connectivity index (χ1n) is 6.63. The minimum absolute atomic E-state index is 0.171. The van der Waals surface area contributed by atoms with Gasteiger partial charge in [0.1, 0.15) is 18.1 Å². The van der Waals surface area contributed by atoms with Crippen LogP contribution in [0.15, 0.2) is 42.5 Å². The minimum Gasteiger partial charge on any atom is -0.496 e. The zero-order valence-electron chi connectivity index (χ0n) is 12.1. The van der Waals surface area contributed by atoms with Gasteiger partial charge in [-0.1, -0.05) is 29.3 Å². The predicted molar refractivity (Wildman–Crippen MR) is 84.7 cm³/mol. The Hall–Kier alpha value is -1.75. The van der Waals surface area contributed by atoms with Crippen LogP contribution in [0.5, 0.6) is 11.5 Å². The molecule has 0 fully saturated rings. The highest BCUT2D eigenvalue weighted by Crippen LogP contribution is 2.27. The summed E-state index contributed by atoms with van der Waals surface area (Å²) in [6.45, 7) is 2.41. The maximum absolute atomic E-state index is 5.85. The molecule has 2 aromatic carbocycles. The lowest BCUT2D eigenvalue weighted by Crippen LogP contribution is -2.32. The number of ether oxygens (including phenoxy) is 2. The van der Waals surface area contributed by atoms with Crippen molar-refractivity contribution in [3.05, 3.63) is 58.6 Å². The smallest absolute Gasteiger partial charge is 0.123 e. The van der Waals surface area contributed by atoms with Gasteiger partial charge in [0.05, 0.1) is 13.2 Å². The van der Waals surface area contributed by atoms with Crippen molar-refractivity contribution in [2.24, 2.45) is 5.84 Å². The van der Waals surface area contributed by atoms with Gasteiger partial charge >= 0.3 is 0 Å². The highest BCUT2D eigenvalue weighted by atomic mass is 35.5. The normalized spacial score (nSPS) is 12.0. The van der Waals surface area contributed by atoms with E-state index in [1.165, 1.54) is 0 Å². The van der Waals surface area contributed by atoms with Crippen LogP contribution in [0.25, 0.3) is 0 Å². The molecule has 2 aromatic rings. The third-order valence-electron chi connectivity index (χ3n) is 3.19. The van der Waals surface area contributed by atoms with Crippen molar-refractivity contribution < 1.29 is 9.47 Å². The first-order chi connectivity index (χ1) is 10.1. The summed E-state index contributed by atoms with van der Waals surface area (Å²) in [5.74, 6) is 7.18. The molecular weight excluding hydrogens is 288 g/mol. The van der Waals surface area contributed by atoms with Crippen molar-refractivity contribution in [2.45, 2.75) is 13.0 Å². The van der Waals surface area contributed by atoms with Crippen LogP contribution in [-0.2, 0) is 0 Å². The van der Waals surface area contributed by atoms with Crippen molar-refractivity contribution in [1.29, 1.82) is 0 Å². The van der Waals surface area contributed by atoms with Gasteiger partial charge in [-0.25, -0.2) is 5.43 Å².